The molecule has 1 aliphatic heterocycles. The van der Waals surface area contributed by atoms with Gasteiger partial charge in [0.15, 0.2) is 0 Å². The molecule has 0 bridgehead atoms. The van der Waals surface area contributed by atoms with Gasteiger partial charge in [-0.05, 0) is 37.6 Å². The molecule has 1 saturated heterocycles. The standard InChI is InChI=1S/C14H28N2/c1-14(2)9-6-10-15-13(14)11-16-12-7-4-3-5-8-12/h12-13,15-16H,3-11H2,1-2H3. The van der Waals surface area contributed by atoms with Gasteiger partial charge in [0.2, 0.25) is 0 Å². The van der Waals surface area contributed by atoms with E-state index in [0.29, 0.717) is 11.5 Å². The molecule has 2 nitrogen and oxygen atoms in total. The van der Waals surface area contributed by atoms with E-state index in [2.05, 4.69) is 24.5 Å². The van der Waals surface area contributed by atoms with Crippen LogP contribution in [0.5, 0.6) is 0 Å². The van der Waals surface area contributed by atoms with Gasteiger partial charge in [0.25, 0.3) is 0 Å². The molecule has 0 amide bonds. The van der Waals surface area contributed by atoms with Crippen LogP contribution in [0, 0.1) is 5.41 Å². The van der Waals surface area contributed by atoms with Crippen LogP contribution in [0.1, 0.15) is 58.8 Å². The van der Waals surface area contributed by atoms with Crippen LogP contribution in [0.4, 0.5) is 0 Å². The van der Waals surface area contributed by atoms with E-state index < -0.39 is 0 Å². The molecule has 16 heavy (non-hydrogen) atoms. The average Bonchev–Trinajstić information content (AvgIpc) is 2.28. The minimum absolute atomic E-state index is 0.472. The van der Waals surface area contributed by atoms with Crippen LogP contribution in [0.15, 0.2) is 0 Å². The fraction of sp³-hybridized carbons (Fsp3) is 1.00. The number of hydrogen-bond donors (Lipinski definition) is 2. The van der Waals surface area contributed by atoms with Crippen molar-refractivity contribution >= 4 is 0 Å². The van der Waals surface area contributed by atoms with Crippen molar-refractivity contribution in [3.8, 4) is 0 Å². The van der Waals surface area contributed by atoms with Gasteiger partial charge >= 0.3 is 0 Å². The maximum Gasteiger partial charge on any atom is 0.0243 e. The molecular weight excluding hydrogens is 196 g/mol. The van der Waals surface area contributed by atoms with Crippen molar-refractivity contribution in [1.82, 2.24) is 10.6 Å². The summed E-state index contributed by atoms with van der Waals surface area (Å²) in [5.74, 6) is 0. The molecule has 1 aliphatic carbocycles. The lowest BCUT2D eigenvalue weighted by Crippen LogP contribution is -2.53. The largest absolute Gasteiger partial charge is 0.312 e. The Bertz CT molecular complexity index is 207. The highest BCUT2D eigenvalue weighted by atomic mass is 15.0. The molecule has 1 unspecified atom stereocenters. The Morgan fingerprint density at radius 3 is 2.56 bits per heavy atom. The normalized spacial score (nSPS) is 31.5. The molecule has 0 aromatic rings. The second-order valence-corrected chi connectivity index (χ2v) is 6.34. The first-order valence-electron chi connectivity index (χ1n) is 7.15. The molecule has 2 fully saturated rings. The summed E-state index contributed by atoms with van der Waals surface area (Å²) in [6.45, 7) is 7.19. The van der Waals surface area contributed by atoms with Crippen molar-refractivity contribution in [2.75, 3.05) is 13.1 Å². The summed E-state index contributed by atoms with van der Waals surface area (Å²) in [5.41, 5.74) is 0.472. The molecular formula is C14H28N2. The third kappa shape index (κ3) is 3.21. The summed E-state index contributed by atoms with van der Waals surface area (Å²) < 4.78 is 0. The maximum atomic E-state index is 3.78. The lowest BCUT2D eigenvalue weighted by molar-refractivity contribution is 0.169. The summed E-state index contributed by atoms with van der Waals surface area (Å²) in [4.78, 5) is 0. The first kappa shape index (κ1) is 12.4. The SMILES string of the molecule is CC1(C)CCCNC1CNC1CCCCC1. The van der Waals surface area contributed by atoms with Gasteiger partial charge in [-0.3, -0.25) is 0 Å². The van der Waals surface area contributed by atoms with Crippen molar-refractivity contribution in [1.29, 1.82) is 0 Å². The Morgan fingerprint density at radius 1 is 1.12 bits per heavy atom. The van der Waals surface area contributed by atoms with Crippen LogP contribution in [0.3, 0.4) is 0 Å². The maximum absolute atomic E-state index is 3.78. The summed E-state index contributed by atoms with van der Waals surface area (Å²) in [6, 6.07) is 1.47. The van der Waals surface area contributed by atoms with E-state index in [0.717, 1.165) is 12.6 Å². The minimum Gasteiger partial charge on any atom is -0.312 e. The summed E-state index contributed by atoms with van der Waals surface area (Å²) >= 11 is 0. The molecule has 1 atom stereocenters. The average molecular weight is 224 g/mol. The molecule has 1 heterocycles. The van der Waals surface area contributed by atoms with Gasteiger partial charge in [-0.2, -0.15) is 0 Å². The van der Waals surface area contributed by atoms with Crippen LogP contribution >= 0.6 is 0 Å². The molecule has 2 heteroatoms. The van der Waals surface area contributed by atoms with Gasteiger partial charge in [-0.25, -0.2) is 0 Å². The Morgan fingerprint density at radius 2 is 1.88 bits per heavy atom. The van der Waals surface area contributed by atoms with Crippen molar-refractivity contribution in [2.24, 2.45) is 5.41 Å². The lowest BCUT2D eigenvalue weighted by Gasteiger charge is -2.40. The molecule has 0 spiro atoms. The second kappa shape index (κ2) is 5.50. The lowest BCUT2D eigenvalue weighted by atomic mass is 9.77. The van der Waals surface area contributed by atoms with E-state index in [9.17, 15) is 0 Å². The monoisotopic (exact) mass is 224 g/mol. The number of nitrogens with one attached hydrogen (secondary N) is 2. The first-order chi connectivity index (χ1) is 7.68. The third-order valence-corrected chi connectivity index (χ3v) is 4.55. The van der Waals surface area contributed by atoms with Gasteiger partial charge in [0.1, 0.15) is 0 Å². The van der Waals surface area contributed by atoms with Gasteiger partial charge in [0, 0.05) is 18.6 Å². The number of hydrogen-bond acceptors (Lipinski definition) is 2. The Balaban J connectivity index is 1.75. The number of rotatable bonds is 3. The van der Waals surface area contributed by atoms with Crippen molar-refractivity contribution < 1.29 is 0 Å². The summed E-state index contributed by atoms with van der Waals surface area (Å²) in [7, 11) is 0. The Labute approximate surface area is 101 Å². The molecule has 94 valence electrons. The predicted octanol–water partition coefficient (Wildman–Crippen LogP) is 2.69. The van der Waals surface area contributed by atoms with Crippen molar-refractivity contribution in [3.63, 3.8) is 0 Å². The van der Waals surface area contributed by atoms with E-state index in [4.69, 9.17) is 0 Å². The zero-order chi connectivity index (χ0) is 11.4. The van der Waals surface area contributed by atoms with Crippen LogP contribution in [0.25, 0.3) is 0 Å². The Hall–Kier alpha value is -0.0800. The number of piperidine rings is 1. The zero-order valence-electron chi connectivity index (χ0n) is 11.0. The van der Waals surface area contributed by atoms with Crippen molar-refractivity contribution in [3.05, 3.63) is 0 Å². The van der Waals surface area contributed by atoms with Gasteiger partial charge in [-0.15, -0.1) is 0 Å². The Kier molecular flexibility index (Phi) is 4.26. The highest BCUT2D eigenvalue weighted by Gasteiger charge is 2.31. The minimum atomic E-state index is 0.472. The molecule has 0 aromatic carbocycles. The zero-order valence-corrected chi connectivity index (χ0v) is 11.0. The van der Waals surface area contributed by atoms with E-state index in [1.807, 2.05) is 0 Å². The molecule has 2 N–H and O–H groups in total. The van der Waals surface area contributed by atoms with Crippen LogP contribution in [0.2, 0.25) is 0 Å². The second-order valence-electron chi connectivity index (χ2n) is 6.34. The fourth-order valence-electron chi connectivity index (χ4n) is 3.21. The van der Waals surface area contributed by atoms with Crippen LogP contribution in [-0.4, -0.2) is 25.2 Å². The van der Waals surface area contributed by atoms with E-state index in [1.54, 1.807) is 0 Å². The summed E-state index contributed by atoms with van der Waals surface area (Å²) in [6.07, 6.45) is 9.81. The van der Waals surface area contributed by atoms with Crippen LogP contribution < -0.4 is 10.6 Å². The van der Waals surface area contributed by atoms with Gasteiger partial charge < -0.3 is 10.6 Å². The van der Waals surface area contributed by atoms with Crippen LogP contribution in [-0.2, 0) is 0 Å². The van der Waals surface area contributed by atoms with Gasteiger partial charge in [-0.1, -0.05) is 33.1 Å². The van der Waals surface area contributed by atoms with E-state index >= 15 is 0 Å². The highest BCUT2D eigenvalue weighted by molar-refractivity contribution is 4.90. The quantitative estimate of drug-likeness (QED) is 0.770. The molecule has 2 aliphatic rings. The molecule has 0 aromatic heterocycles. The summed E-state index contributed by atoms with van der Waals surface area (Å²) in [5, 5.41) is 7.47. The highest BCUT2D eigenvalue weighted by Crippen LogP contribution is 2.30. The third-order valence-electron chi connectivity index (χ3n) is 4.55. The van der Waals surface area contributed by atoms with E-state index in [1.165, 1.54) is 51.5 Å². The first-order valence-corrected chi connectivity index (χ1v) is 7.15. The fourth-order valence-corrected chi connectivity index (χ4v) is 3.21. The molecule has 2 rings (SSSR count). The smallest absolute Gasteiger partial charge is 0.0243 e. The van der Waals surface area contributed by atoms with Crippen molar-refractivity contribution in [2.45, 2.75) is 70.9 Å². The predicted molar refractivity (Wildman–Crippen MR) is 69.7 cm³/mol. The van der Waals surface area contributed by atoms with Gasteiger partial charge in [0.05, 0.1) is 0 Å². The topological polar surface area (TPSA) is 24.1 Å². The molecule has 0 radical (unpaired) electrons. The molecule has 1 saturated carbocycles. The van der Waals surface area contributed by atoms with E-state index in [-0.39, 0.29) is 0 Å².